The van der Waals surface area contributed by atoms with Gasteiger partial charge in [-0.25, -0.2) is 0 Å². The lowest BCUT2D eigenvalue weighted by molar-refractivity contribution is 0.0933. The first-order chi connectivity index (χ1) is 7.25. The molecule has 1 aromatic heterocycles. The maximum absolute atomic E-state index is 11.6. The van der Waals surface area contributed by atoms with E-state index in [1.165, 1.54) is 0 Å². The maximum atomic E-state index is 11.6. The molecule has 0 fully saturated rings. The molecule has 4 nitrogen and oxygen atoms in total. The van der Waals surface area contributed by atoms with E-state index in [0.29, 0.717) is 9.47 Å². The van der Waals surface area contributed by atoms with Crippen molar-refractivity contribution in [2.45, 2.75) is 25.3 Å². The van der Waals surface area contributed by atoms with Gasteiger partial charge in [0.15, 0.2) is 0 Å². The third-order valence-corrected chi connectivity index (χ3v) is 3.22. The Kier molecular flexibility index (Phi) is 3.33. The number of halogens is 1. The lowest BCUT2D eigenvalue weighted by Gasteiger charge is -2.18. The summed E-state index contributed by atoms with van der Waals surface area (Å²) in [6.07, 6.45) is 7.10. The van der Waals surface area contributed by atoms with Crippen LogP contribution in [0.15, 0.2) is 12.2 Å². The third kappa shape index (κ3) is 2.76. The highest BCUT2D eigenvalue weighted by atomic mass is 35.5. The molecule has 1 aromatic rings. The van der Waals surface area contributed by atoms with Gasteiger partial charge >= 0.3 is 0 Å². The number of hydrogen-bond donors (Lipinski definition) is 1. The molecule has 0 bridgehead atoms. The molecule has 0 saturated carbocycles. The molecule has 1 atom stereocenters. The van der Waals surface area contributed by atoms with Gasteiger partial charge in [-0.05, 0) is 30.9 Å². The standard InChI is InChI=1S/C9H10ClN3OS/c10-9-13-12-8(15-9)7(14)11-6-4-2-1-3-5-6/h1-2,6H,3-5H2,(H,11,14). The van der Waals surface area contributed by atoms with Crippen LogP contribution in [0.5, 0.6) is 0 Å². The summed E-state index contributed by atoms with van der Waals surface area (Å²) in [5, 5.41) is 10.5. The fourth-order valence-electron chi connectivity index (χ4n) is 1.47. The Bertz CT molecular complexity index is 390. The topological polar surface area (TPSA) is 54.9 Å². The van der Waals surface area contributed by atoms with Crippen molar-refractivity contribution in [2.75, 3.05) is 0 Å². The summed E-state index contributed by atoms with van der Waals surface area (Å²) >= 11 is 6.70. The number of aromatic nitrogens is 2. The summed E-state index contributed by atoms with van der Waals surface area (Å²) in [6.45, 7) is 0. The summed E-state index contributed by atoms with van der Waals surface area (Å²) in [5.41, 5.74) is 0. The van der Waals surface area contributed by atoms with Crippen LogP contribution in [0.4, 0.5) is 0 Å². The van der Waals surface area contributed by atoms with E-state index in [4.69, 9.17) is 11.6 Å². The molecule has 2 rings (SSSR count). The van der Waals surface area contributed by atoms with Crippen LogP contribution in [-0.4, -0.2) is 22.1 Å². The van der Waals surface area contributed by atoms with E-state index in [1.807, 2.05) is 0 Å². The number of hydrogen-bond acceptors (Lipinski definition) is 4. The molecule has 1 unspecified atom stereocenters. The monoisotopic (exact) mass is 243 g/mol. The van der Waals surface area contributed by atoms with Crippen molar-refractivity contribution in [2.24, 2.45) is 0 Å². The van der Waals surface area contributed by atoms with Crippen molar-refractivity contribution in [3.63, 3.8) is 0 Å². The molecule has 0 radical (unpaired) electrons. The minimum atomic E-state index is -0.181. The number of nitrogens with zero attached hydrogens (tertiary/aromatic N) is 2. The summed E-state index contributed by atoms with van der Waals surface area (Å²) in [4.78, 5) is 11.6. The van der Waals surface area contributed by atoms with E-state index in [9.17, 15) is 4.79 Å². The van der Waals surface area contributed by atoms with Gasteiger partial charge in [0, 0.05) is 6.04 Å². The van der Waals surface area contributed by atoms with E-state index in [-0.39, 0.29) is 11.9 Å². The third-order valence-electron chi connectivity index (χ3n) is 2.20. The SMILES string of the molecule is O=C(NC1CC=CCC1)c1nnc(Cl)s1. The lowest BCUT2D eigenvalue weighted by Crippen LogP contribution is -2.35. The lowest BCUT2D eigenvalue weighted by atomic mass is 10.0. The number of carbonyl (C=O) groups is 1. The van der Waals surface area contributed by atoms with Crippen LogP contribution < -0.4 is 5.32 Å². The Labute approximate surface area is 96.4 Å². The van der Waals surface area contributed by atoms with E-state index in [2.05, 4.69) is 27.7 Å². The van der Waals surface area contributed by atoms with Gasteiger partial charge in [-0.2, -0.15) is 0 Å². The highest BCUT2D eigenvalue weighted by Crippen LogP contribution is 2.16. The first-order valence-corrected chi connectivity index (χ1v) is 5.90. The number of carbonyl (C=O) groups excluding carboxylic acids is 1. The smallest absolute Gasteiger partial charge is 0.282 e. The Morgan fingerprint density at radius 1 is 1.53 bits per heavy atom. The van der Waals surface area contributed by atoms with Crippen molar-refractivity contribution >= 4 is 28.8 Å². The fourth-order valence-corrected chi connectivity index (χ4v) is 2.20. The molecule has 15 heavy (non-hydrogen) atoms. The number of rotatable bonds is 2. The van der Waals surface area contributed by atoms with Crippen LogP contribution in [0, 0.1) is 0 Å². The minimum Gasteiger partial charge on any atom is -0.347 e. The van der Waals surface area contributed by atoms with E-state index in [1.54, 1.807) is 0 Å². The molecule has 0 saturated heterocycles. The molecule has 6 heteroatoms. The Balaban J connectivity index is 1.94. The van der Waals surface area contributed by atoms with Crippen LogP contribution >= 0.6 is 22.9 Å². The second kappa shape index (κ2) is 4.72. The van der Waals surface area contributed by atoms with Gasteiger partial charge in [0.05, 0.1) is 0 Å². The van der Waals surface area contributed by atoms with Crippen molar-refractivity contribution in [1.29, 1.82) is 0 Å². The fraction of sp³-hybridized carbons (Fsp3) is 0.444. The van der Waals surface area contributed by atoms with Crippen LogP contribution in [-0.2, 0) is 0 Å². The van der Waals surface area contributed by atoms with Crippen molar-refractivity contribution in [1.82, 2.24) is 15.5 Å². The molecule has 1 N–H and O–H groups in total. The quantitative estimate of drug-likeness (QED) is 0.809. The molecule has 0 aromatic carbocycles. The molecule has 1 heterocycles. The van der Waals surface area contributed by atoms with Crippen LogP contribution in [0.2, 0.25) is 4.47 Å². The highest BCUT2D eigenvalue weighted by molar-refractivity contribution is 7.17. The zero-order valence-electron chi connectivity index (χ0n) is 7.94. The average molecular weight is 244 g/mol. The summed E-state index contributed by atoms with van der Waals surface area (Å²) < 4.78 is 0.295. The van der Waals surface area contributed by atoms with Gasteiger partial charge in [-0.3, -0.25) is 4.79 Å². The van der Waals surface area contributed by atoms with Crippen LogP contribution in [0.1, 0.15) is 29.1 Å². The predicted octanol–water partition coefficient (Wildman–Crippen LogP) is 2.03. The zero-order valence-corrected chi connectivity index (χ0v) is 9.51. The highest BCUT2D eigenvalue weighted by Gasteiger charge is 2.17. The van der Waals surface area contributed by atoms with Gasteiger partial charge in [0.2, 0.25) is 9.47 Å². The minimum absolute atomic E-state index is 0.181. The van der Waals surface area contributed by atoms with Gasteiger partial charge in [-0.15, -0.1) is 10.2 Å². The van der Waals surface area contributed by atoms with E-state index >= 15 is 0 Å². The summed E-state index contributed by atoms with van der Waals surface area (Å²) in [5.74, 6) is -0.181. The Hall–Kier alpha value is -0.940. The molecular formula is C9H10ClN3OS. The van der Waals surface area contributed by atoms with Gasteiger partial charge in [0.25, 0.3) is 5.91 Å². The van der Waals surface area contributed by atoms with Gasteiger partial charge in [-0.1, -0.05) is 23.5 Å². The molecule has 80 valence electrons. The van der Waals surface area contributed by atoms with Gasteiger partial charge < -0.3 is 5.32 Å². The number of nitrogens with one attached hydrogen (secondary N) is 1. The normalized spacial score (nSPS) is 20.2. The number of allylic oxidation sites excluding steroid dienone is 1. The molecule has 0 spiro atoms. The second-order valence-corrected chi connectivity index (χ2v) is 4.87. The Morgan fingerprint density at radius 2 is 2.40 bits per heavy atom. The molecule has 1 aliphatic carbocycles. The second-order valence-electron chi connectivity index (χ2n) is 3.32. The van der Waals surface area contributed by atoms with Crippen LogP contribution in [0.25, 0.3) is 0 Å². The predicted molar refractivity (Wildman–Crippen MR) is 59.2 cm³/mol. The Morgan fingerprint density at radius 3 is 3.00 bits per heavy atom. The number of amides is 1. The van der Waals surface area contributed by atoms with Crippen molar-refractivity contribution in [3.05, 3.63) is 21.6 Å². The van der Waals surface area contributed by atoms with E-state index < -0.39 is 0 Å². The molecule has 1 aliphatic rings. The van der Waals surface area contributed by atoms with Crippen LogP contribution in [0.3, 0.4) is 0 Å². The maximum Gasteiger partial charge on any atom is 0.282 e. The summed E-state index contributed by atoms with van der Waals surface area (Å²) in [7, 11) is 0. The first kappa shape index (κ1) is 10.6. The zero-order chi connectivity index (χ0) is 10.7. The average Bonchev–Trinajstić information content (AvgIpc) is 2.66. The summed E-state index contributed by atoms with van der Waals surface area (Å²) in [6, 6.07) is 0.213. The van der Waals surface area contributed by atoms with E-state index in [0.717, 1.165) is 30.6 Å². The molecule has 0 aliphatic heterocycles. The van der Waals surface area contributed by atoms with Crippen molar-refractivity contribution < 1.29 is 4.79 Å². The largest absolute Gasteiger partial charge is 0.347 e. The van der Waals surface area contributed by atoms with Gasteiger partial charge in [0.1, 0.15) is 0 Å². The van der Waals surface area contributed by atoms with Crippen molar-refractivity contribution in [3.8, 4) is 0 Å². The molecule has 1 amide bonds. The first-order valence-electron chi connectivity index (χ1n) is 4.70. The molecular weight excluding hydrogens is 234 g/mol.